The number of aryl methyl sites for hydroxylation is 2. The first kappa shape index (κ1) is 20.4. The van der Waals surface area contributed by atoms with Crippen molar-refractivity contribution in [1.29, 1.82) is 0 Å². The van der Waals surface area contributed by atoms with E-state index in [4.69, 9.17) is 0 Å². The molecule has 0 bridgehead atoms. The maximum Gasteiger partial charge on any atom is 0.259 e. The molecule has 0 spiro atoms. The van der Waals surface area contributed by atoms with Crippen LogP contribution in [0.2, 0.25) is 0 Å². The maximum atomic E-state index is 13.7. The van der Waals surface area contributed by atoms with E-state index < -0.39 is 34.3 Å². The minimum absolute atomic E-state index is 0.233. The molecule has 3 rings (SSSR count). The van der Waals surface area contributed by atoms with Crippen LogP contribution in [-0.2, 0) is 10.5 Å². The molecule has 0 saturated heterocycles. The van der Waals surface area contributed by atoms with Gasteiger partial charge in [-0.3, -0.25) is 9.59 Å². The summed E-state index contributed by atoms with van der Waals surface area (Å²) in [7, 11) is 0. The number of benzene rings is 1. The van der Waals surface area contributed by atoms with Crippen LogP contribution in [-0.4, -0.2) is 21.1 Å². The van der Waals surface area contributed by atoms with Crippen molar-refractivity contribution in [2.75, 3.05) is 5.32 Å². The third-order valence-corrected chi connectivity index (χ3v) is 6.48. The zero-order valence-corrected chi connectivity index (χ0v) is 16.8. The predicted molar refractivity (Wildman–Crippen MR) is 105 cm³/mol. The summed E-state index contributed by atoms with van der Waals surface area (Å²) in [5.74, 6) is -4.35. The Bertz CT molecular complexity index is 1130. The standard InChI is InChI=1S/C18H16F3N3O2S2/c1-7-8(2)28-18-13(7)17(26)23-12(24-18)6-27-9(3)16(25)22-11-5-4-10(19)14(20)15(11)21/h4-5,9H,6H2,1-3H3,(H,22,25)(H,23,24,26). The maximum absolute atomic E-state index is 13.7. The highest BCUT2D eigenvalue weighted by atomic mass is 32.2. The van der Waals surface area contributed by atoms with Crippen LogP contribution in [0.3, 0.4) is 0 Å². The van der Waals surface area contributed by atoms with E-state index in [2.05, 4.69) is 15.3 Å². The molecule has 10 heteroatoms. The molecule has 2 N–H and O–H groups in total. The van der Waals surface area contributed by atoms with Gasteiger partial charge in [-0.15, -0.1) is 23.1 Å². The second-order valence-electron chi connectivity index (χ2n) is 6.14. The lowest BCUT2D eigenvalue weighted by Gasteiger charge is -2.12. The van der Waals surface area contributed by atoms with Crippen LogP contribution in [0.5, 0.6) is 0 Å². The van der Waals surface area contributed by atoms with Crippen LogP contribution in [0.1, 0.15) is 23.2 Å². The van der Waals surface area contributed by atoms with Crippen molar-refractivity contribution in [2.45, 2.75) is 31.8 Å². The molecular formula is C18H16F3N3O2S2. The van der Waals surface area contributed by atoms with Crippen molar-refractivity contribution < 1.29 is 18.0 Å². The van der Waals surface area contributed by atoms with Crippen molar-refractivity contribution in [3.63, 3.8) is 0 Å². The van der Waals surface area contributed by atoms with Gasteiger partial charge in [0.05, 0.1) is 22.1 Å². The van der Waals surface area contributed by atoms with Crippen LogP contribution < -0.4 is 10.9 Å². The summed E-state index contributed by atoms with van der Waals surface area (Å²) in [6.45, 7) is 5.36. The van der Waals surface area contributed by atoms with E-state index in [9.17, 15) is 22.8 Å². The van der Waals surface area contributed by atoms with Gasteiger partial charge in [0.1, 0.15) is 10.7 Å². The van der Waals surface area contributed by atoms with E-state index in [-0.39, 0.29) is 11.3 Å². The SMILES string of the molecule is Cc1sc2nc(CSC(C)C(=O)Nc3ccc(F)c(F)c3F)[nH]c(=O)c2c1C. The first-order valence-electron chi connectivity index (χ1n) is 8.24. The second kappa shape index (κ2) is 7.96. The zero-order valence-electron chi connectivity index (χ0n) is 15.2. The number of fused-ring (bicyclic) bond motifs is 1. The molecule has 0 aliphatic carbocycles. The van der Waals surface area contributed by atoms with Crippen LogP contribution >= 0.6 is 23.1 Å². The highest BCUT2D eigenvalue weighted by Crippen LogP contribution is 2.27. The fourth-order valence-electron chi connectivity index (χ4n) is 2.50. The minimum Gasteiger partial charge on any atom is -0.323 e. The first-order chi connectivity index (χ1) is 13.2. The Balaban J connectivity index is 1.69. The molecule has 0 fully saturated rings. The second-order valence-corrected chi connectivity index (χ2v) is 8.67. The van der Waals surface area contributed by atoms with E-state index >= 15 is 0 Å². The Kier molecular flexibility index (Phi) is 5.80. The molecule has 1 atom stereocenters. The van der Waals surface area contributed by atoms with Gasteiger partial charge < -0.3 is 10.3 Å². The number of halogens is 3. The topological polar surface area (TPSA) is 74.8 Å². The van der Waals surface area contributed by atoms with E-state index in [0.29, 0.717) is 16.0 Å². The number of thioether (sulfide) groups is 1. The number of hydrogen-bond donors (Lipinski definition) is 2. The summed E-state index contributed by atoms with van der Waals surface area (Å²) >= 11 is 2.59. The van der Waals surface area contributed by atoms with Gasteiger partial charge >= 0.3 is 0 Å². The lowest BCUT2D eigenvalue weighted by atomic mass is 10.2. The van der Waals surface area contributed by atoms with Crippen molar-refractivity contribution in [3.05, 3.63) is 56.2 Å². The van der Waals surface area contributed by atoms with Crippen molar-refractivity contribution in [3.8, 4) is 0 Å². The molecule has 1 amide bonds. The number of aromatic nitrogens is 2. The van der Waals surface area contributed by atoms with Crippen LogP contribution in [0.15, 0.2) is 16.9 Å². The number of carbonyl (C=O) groups excluding carboxylic acids is 1. The number of thiophene rings is 1. The Morgan fingerprint density at radius 3 is 2.71 bits per heavy atom. The average Bonchev–Trinajstić information content (AvgIpc) is 2.94. The largest absolute Gasteiger partial charge is 0.323 e. The lowest BCUT2D eigenvalue weighted by Crippen LogP contribution is -2.24. The Hall–Kier alpha value is -2.33. The van der Waals surface area contributed by atoms with Gasteiger partial charge in [0.25, 0.3) is 5.56 Å². The van der Waals surface area contributed by atoms with Gasteiger partial charge in [0.15, 0.2) is 17.5 Å². The fourth-order valence-corrected chi connectivity index (χ4v) is 4.31. The van der Waals surface area contributed by atoms with Gasteiger partial charge in [0, 0.05) is 4.88 Å². The zero-order chi connectivity index (χ0) is 20.6. The molecule has 1 aromatic carbocycles. The van der Waals surface area contributed by atoms with Crippen LogP contribution in [0, 0.1) is 31.3 Å². The highest BCUT2D eigenvalue weighted by molar-refractivity contribution is 7.99. The summed E-state index contributed by atoms with van der Waals surface area (Å²) in [6.07, 6.45) is 0. The number of rotatable bonds is 5. The monoisotopic (exact) mass is 427 g/mol. The van der Waals surface area contributed by atoms with Gasteiger partial charge in [-0.1, -0.05) is 0 Å². The Labute approximate surface area is 166 Å². The number of amides is 1. The molecule has 148 valence electrons. The summed E-state index contributed by atoms with van der Waals surface area (Å²) in [5.41, 5.74) is 0.228. The quantitative estimate of drug-likeness (QED) is 0.596. The van der Waals surface area contributed by atoms with E-state index in [1.807, 2.05) is 13.8 Å². The molecule has 28 heavy (non-hydrogen) atoms. The van der Waals surface area contributed by atoms with Crippen molar-refractivity contribution >= 4 is 44.9 Å². The molecule has 0 radical (unpaired) electrons. The van der Waals surface area contributed by atoms with Crippen LogP contribution in [0.25, 0.3) is 10.2 Å². The molecule has 2 heterocycles. The molecule has 0 aliphatic heterocycles. The summed E-state index contributed by atoms with van der Waals surface area (Å²) in [6, 6.07) is 1.69. The van der Waals surface area contributed by atoms with Crippen molar-refractivity contribution in [1.82, 2.24) is 9.97 Å². The predicted octanol–water partition coefficient (Wildman–Crippen LogP) is 4.28. The molecule has 5 nitrogen and oxygen atoms in total. The molecule has 2 aromatic heterocycles. The number of H-pyrrole nitrogens is 1. The Morgan fingerprint density at radius 1 is 1.29 bits per heavy atom. The summed E-state index contributed by atoms with van der Waals surface area (Å²) in [4.78, 5) is 33.3. The normalized spacial score (nSPS) is 12.4. The van der Waals surface area contributed by atoms with E-state index in [0.717, 1.165) is 22.6 Å². The molecular weight excluding hydrogens is 411 g/mol. The van der Waals surface area contributed by atoms with E-state index in [1.165, 1.54) is 23.1 Å². The van der Waals surface area contributed by atoms with Crippen LogP contribution in [0.4, 0.5) is 18.9 Å². The minimum atomic E-state index is -1.64. The van der Waals surface area contributed by atoms with Gasteiger partial charge in [-0.2, -0.15) is 0 Å². The van der Waals surface area contributed by atoms with Gasteiger partial charge in [0.2, 0.25) is 5.91 Å². The number of nitrogens with one attached hydrogen (secondary N) is 2. The van der Waals surface area contributed by atoms with Gasteiger partial charge in [-0.05, 0) is 38.5 Å². The Morgan fingerprint density at radius 2 is 2.00 bits per heavy atom. The number of carbonyl (C=O) groups is 1. The molecule has 3 aromatic rings. The van der Waals surface area contributed by atoms with Gasteiger partial charge in [-0.25, -0.2) is 18.2 Å². The van der Waals surface area contributed by atoms with Crippen molar-refractivity contribution in [2.24, 2.45) is 0 Å². The van der Waals surface area contributed by atoms with E-state index in [1.54, 1.807) is 6.92 Å². The number of nitrogens with zero attached hydrogens (tertiary/aromatic N) is 1. The fraction of sp³-hybridized carbons (Fsp3) is 0.278. The lowest BCUT2D eigenvalue weighted by molar-refractivity contribution is -0.115. The summed E-state index contributed by atoms with van der Waals surface area (Å²) in [5, 5.41) is 2.15. The first-order valence-corrected chi connectivity index (χ1v) is 10.1. The number of hydrogen-bond acceptors (Lipinski definition) is 5. The number of aromatic amines is 1. The highest BCUT2D eigenvalue weighted by Gasteiger charge is 2.20. The third kappa shape index (κ3) is 3.93. The molecule has 0 saturated carbocycles. The molecule has 0 aliphatic rings. The smallest absolute Gasteiger partial charge is 0.259 e. The number of anilines is 1. The molecule has 1 unspecified atom stereocenters. The summed E-state index contributed by atoms with van der Waals surface area (Å²) < 4.78 is 39.9. The third-order valence-electron chi connectivity index (χ3n) is 4.22. The average molecular weight is 427 g/mol.